The van der Waals surface area contributed by atoms with Crippen molar-refractivity contribution < 1.29 is 24.4 Å². The first-order valence-electron chi connectivity index (χ1n) is 9.34. The van der Waals surface area contributed by atoms with Gasteiger partial charge in [-0.2, -0.15) is 4.99 Å². The molecule has 2 aliphatic heterocycles. The highest BCUT2D eigenvalue weighted by Gasteiger charge is 2.24. The number of nitrogens with zero attached hydrogens (tertiary/aromatic N) is 2. The van der Waals surface area contributed by atoms with E-state index in [1.54, 1.807) is 4.90 Å². The first kappa shape index (κ1) is 19.9. The Hall–Kier alpha value is -2.87. The summed E-state index contributed by atoms with van der Waals surface area (Å²) < 4.78 is 10.1. The molecule has 8 heteroatoms. The lowest BCUT2D eigenvalue weighted by molar-refractivity contribution is -0.440. The molecule has 2 heterocycles. The van der Waals surface area contributed by atoms with Crippen LogP contribution in [-0.2, 0) is 9.47 Å². The van der Waals surface area contributed by atoms with Gasteiger partial charge in [0.2, 0.25) is 5.84 Å². The number of allylic oxidation sites excluding steroid dienone is 1. The Kier molecular flexibility index (Phi) is 5.69. The van der Waals surface area contributed by atoms with E-state index in [0.29, 0.717) is 13.1 Å². The van der Waals surface area contributed by atoms with E-state index < -0.39 is 11.7 Å². The second-order valence-electron chi connectivity index (χ2n) is 7.80. The summed E-state index contributed by atoms with van der Waals surface area (Å²) >= 11 is 0. The molecule has 0 spiro atoms. The molecule has 0 unspecified atom stereocenters. The largest absolute Gasteiger partial charge is 0.452 e. The van der Waals surface area contributed by atoms with E-state index in [-0.39, 0.29) is 6.09 Å². The van der Waals surface area contributed by atoms with Gasteiger partial charge in [-0.1, -0.05) is 6.07 Å². The molecule has 8 nitrogen and oxygen atoms in total. The highest BCUT2D eigenvalue weighted by molar-refractivity contribution is 5.89. The minimum atomic E-state index is -0.533. The highest BCUT2D eigenvalue weighted by atomic mass is 16.6. The molecule has 3 N–H and O–H groups in total. The standard InChI is InChI=1S/C20H26N4O4/c1-20(2,3)28-18(25)21-11-17-22-15-8-7-13(10-16(15)23-17)14-6-5-9-24(12-14)19(26)27-4/h7-8,10,12H,5-6,9,11H2,1-4H3,(H,21,25)(H,22,23)/p+1. The Morgan fingerprint density at radius 2 is 2.11 bits per heavy atom. The predicted molar refractivity (Wildman–Crippen MR) is 106 cm³/mol. The van der Waals surface area contributed by atoms with Crippen molar-refractivity contribution in [2.75, 3.05) is 20.2 Å². The molecule has 150 valence electrons. The number of hydrogen-bond donors (Lipinski definition) is 2. The number of hydrogen-bond acceptors (Lipinski definition) is 5. The average molecular weight is 387 g/mol. The van der Waals surface area contributed by atoms with Crippen molar-refractivity contribution in [1.29, 1.82) is 0 Å². The fourth-order valence-corrected chi connectivity index (χ4v) is 3.14. The number of nitrogens with one attached hydrogen (secondary N) is 1. The summed E-state index contributed by atoms with van der Waals surface area (Å²) in [4.78, 5) is 29.7. The van der Waals surface area contributed by atoms with E-state index in [1.165, 1.54) is 7.11 Å². The molecule has 2 amide bonds. The number of nitrogens with two attached hydrogens (primary N) is 1. The molecule has 1 aromatic carbocycles. The van der Waals surface area contributed by atoms with Crippen LogP contribution in [0.25, 0.3) is 5.57 Å². The minimum Gasteiger partial charge on any atom is -0.452 e. The zero-order chi connectivity index (χ0) is 20.3. The summed E-state index contributed by atoms with van der Waals surface area (Å²) in [7, 11) is 1.39. The van der Waals surface area contributed by atoms with E-state index in [0.717, 1.165) is 41.2 Å². The van der Waals surface area contributed by atoms with Crippen LogP contribution in [0.3, 0.4) is 0 Å². The zero-order valence-corrected chi connectivity index (χ0v) is 16.7. The second-order valence-corrected chi connectivity index (χ2v) is 7.80. The third kappa shape index (κ3) is 4.89. The molecule has 0 radical (unpaired) electrons. The SMILES string of the molecule is COC(=O)N1C=C(c2ccc3c(c2)[NH2+]C(CNC(=O)OC(C)(C)C)=N3)CCC1. The van der Waals surface area contributed by atoms with Crippen molar-refractivity contribution in [1.82, 2.24) is 10.2 Å². The number of amides is 2. The van der Waals surface area contributed by atoms with Crippen molar-refractivity contribution in [3.8, 4) is 0 Å². The maximum Gasteiger partial charge on any atom is 0.413 e. The molecule has 0 bridgehead atoms. The molecular formula is C20H27N4O4+. The monoisotopic (exact) mass is 387 g/mol. The van der Waals surface area contributed by atoms with Crippen LogP contribution in [-0.4, -0.2) is 48.7 Å². The normalized spacial score (nSPS) is 16.1. The Morgan fingerprint density at radius 3 is 2.82 bits per heavy atom. The molecule has 0 aliphatic carbocycles. The van der Waals surface area contributed by atoms with Crippen molar-refractivity contribution in [2.45, 2.75) is 39.2 Å². The molecule has 0 saturated heterocycles. The van der Waals surface area contributed by atoms with Crippen LogP contribution in [0.15, 0.2) is 29.4 Å². The van der Waals surface area contributed by atoms with Crippen LogP contribution >= 0.6 is 0 Å². The third-order valence-electron chi connectivity index (χ3n) is 4.36. The van der Waals surface area contributed by atoms with Gasteiger partial charge in [0, 0.05) is 18.8 Å². The molecule has 0 atom stereocenters. The van der Waals surface area contributed by atoms with Crippen LogP contribution in [0.2, 0.25) is 0 Å². The number of carbonyl (C=O) groups excluding carboxylic acids is 2. The predicted octanol–water partition coefficient (Wildman–Crippen LogP) is 2.65. The first-order chi connectivity index (χ1) is 13.2. The van der Waals surface area contributed by atoms with Gasteiger partial charge in [-0.3, -0.25) is 10.2 Å². The van der Waals surface area contributed by atoms with Crippen LogP contribution in [0.4, 0.5) is 21.0 Å². The number of methoxy groups -OCH3 is 1. The van der Waals surface area contributed by atoms with Gasteiger partial charge in [0.15, 0.2) is 5.69 Å². The van der Waals surface area contributed by atoms with Gasteiger partial charge in [-0.05, 0) is 50.8 Å². The van der Waals surface area contributed by atoms with Gasteiger partial charge >= 0.3 is 12.2 Å². The van der Waals surface area contributed by atoms with Gasteiger partial charge in [0.25, 0.3) is 0 Å². The summed E-state index contributed by atoms with van der Waals surface area (Å²) in [5, 5.41) is 4.68. The van der Waals surface area contributed by atoms with E-state index >= 15 is 0 Å². The summed E-state index contributed by atoms with van der Waals surface area (Å²) in [6, 6.07) is 6.03. The van der Waals surface area contributed by atoms with E-state index in [2.05, 4.69) is 16.4 Å². The van der Waals surface area contributed by atoms with Crippen LogP contribution < -0.4 is 10.6 Å². The number of alkyl carbamates (subject to hydrolysis) is 1. The third-order valence-corrected chi connectivity index (χ3v) is 4.36. The number of ether oxygens (including phenoxy) is 2. The Morgan fingerprint density at radius 1 is 1.32 bits per heavy atom. The van der Waals surface area contributed by atoms with Crippen molar-refractivity contribution in [3.05, 3.63) is 30.0 Å². The minimum absolute atomic E-state index is 0.303. The number of amidine groups is 1. The molecule has 0 saturated carbocycles. The van der Waals surface area contributed by atoms with Crippen molar-refractivity contribution >= 4 is 35.0 Å². The summed E-state index contributed by atoms with van der Waals surface area (Å²) in [6.45, 7) is 6.44. The lowest BCUT2D eigenvalue weighted by Crippen LogP contribution is -2.82. The van der Waals surface area contributed by atoms with E-state index in [1.807, 2.05) is 44.4 Å². The van der Waals surface area contributed by atoms with Gasteiger partial charge in [0.05, 0.1) is 7.11 Å². The average Bonchev–Trinajstić information content (AvgIpc) is 3.06. The Balaban J connectivity index is 1.64. The smallest absolute Gasteiger partial charge is 0.413 e. The maximum absolute atomic E-state index is 11.8. The number of rotatable bonds is 3. The van der Waals surface area contributed by atoms with Crippen molar-refractivity contribution in [2.24, 2.45) is 4.99 Å². The van der Waals surface area contributed by atoms with Crippen molar-refractivity contribution in [3.63, 3.8) is 0 Å². The highest BCUT2D eigenvalue weighted by Crippen LogP contribution is 2.31. The molecule has 28 heavy (non-hydrogen) atoms. The molecule has 0 fully saturated rings. The topological polar surface area (TPSA) is 96.8 Å². The van der Waals surface area contributed by atoms with Gasteiger partial charge in [0.1, 0.15) is 17.8 Å². The number of benzene rings is 1. The molecule has 3 rings (SSSR count). The van der Waals surface area contributed by atoms with Gasteiger partial charge < -0.3 is 14.8 Å². The van der Waals surface area contributed by atoms with Crippen LogP contribution in [0.1, 0.15) is 39.2 Å². The Labute approximate surface area is 164 Å². The molecule has 0 aromatic heterocycles. The number of carbonyl (C=O) groups is 2. The summed E-state index contributed by atoms with van der Waals surface area (Å²) in [5.41, 5.74) is 3.48. The van der Waals surface area contributed by atoms with Crippen LogP contribution in [0.5, 0.6) is 0 Å². The lowest BCUT2D eigenvalue weighted by Gasteiger charge is -2.24. The quantitative estimate of drug-likeness (QED) is 0.779. The summed E-state index contributed by atoms with van der Waals surface area (Å²) in [6.07, 6.45) is 2.85. The van der Waals surface area contributed by atoms with E-state index in [9.17, 15) is 9.59 Å². The number of aliphatic imine (C=N–C) groups is 1. The lowest BCUT2D eigenvalue weighted by atomic mass is 9.98. The maximum atomic E-state index is 11.8. The van der Waals surface area contributed by atoms with Gasteiger partial charge in [-0.15, -0.1) is 0 Å². The first-order valence-corrected chi connectivity index (χ1v) is 9.34. The van der Waals surface area contributed by atoms with Crippen LogP contribution in [0, 0.1) is 0 Å². The molecular weight excluding hydrogens is 360 g/mol. The number of quaternary nitrogens is 1. The molecule has 2 aliphatic rings. The summed E-state index contributed by atoms with van der Waals surface area (Å²) in [5.74, 6) is 0.770. The fraction of sp³-hybridized carbons (Fsp3) is 0.450. The van der Waals surface area contributed by atoms with E-state index in [4.69, 9.17) is 9.47 Å². The number of fused-ring (bicyclic) bond motifs is 1. The fourth-order valence-electron chi connectivity index (χ4n) is 3.14. The molecule has 1 aromatic rings. The zero-order valence-electron chi connectivity index (χ0n) is 16.7. The van der Waals surface area contributed by atoms with Gasteiger partial charge in [-0.25, -0.2) is 9.59 Å². The Bertz CT molecular complexity index is 839. The second kappa shape index (κ2) is 8.02.